The van der Waals surface area contributed by atoms with Crippen LogP contribution in [0.4, 0.5) is 11.4 Å². The minimum atomic E-state index is -3.43. The molecule has 0 saturated carbocycles. The van der Waals surface area contributed by atoms with Gasteiger partial charge in [0.15, 0.2) is 0 Å². The van der Waals surface area contributed by atoms with Gasteiger partial charge in [0.05, 0.1) is 25.5 Å². The van der Waals surface area contributed by atoms with Crippen LogP contribution < -0.4 is 14.8 Å². The molecular formula is C19H20BrN3O4S. The molecule has 0 unspecified atom stereocenters. The number of rotatable bonds is 6. The first kappa shape index (κ1) is 20.2. The third-order valence-electron chi connectivity index (χ3n) is 4.20. The number of aryl methyl sites for hydroxylation is 1. The van der Waals surface area contributed by atoms with Crippen molar-refractivity contribution in [3.05, 3.63) is 52.1 Å². The molecule has 3 N–H and O–H groups in total. The molecular weight excluding hydrogens is 446 g/mol. The van der Waals surface area contributed by atoms with Gasteiger partial charge in [-0.15, -0.1) is 0 Å². The Kier molecular flexibility index (Phi) is 5.66. The average Bonchev–Trinajstić information content (AvgIpc) is 2.90. The molecule has 0 aliphatic heterocycles. The van der Waals surface area contributed by atoms with Gasteiger partial charge in [-0.1, -0.05) is 15.9 Å². The quantitative estimate of drug-likeness (QED) is 0.515. The van der Waals surface area contributed by atoms with E-state index in [9.17, 15) is 13.2 Å². The maximum atomic E-state index is 12.6. The van der Waals surface area contributed by atoms with Gasteiger partial charge in [0, 0.05) is 32.8 Å². The summed E-state index contributed by atoms with van der Waals surface area (Å²) in [5.74, 6) is 0.130. The second kappa shape index (κ2) is 7.84. The van der Waals surface area contributed by atoms with Gasteiger partial charge in [-0.05, 0) is 42.8 Å². The molecule has 3 aromatic rings. The molecule has 2 aromatic carbocycles. The molecule has 148 valence electrons. The number of hydrogen-bond donors (Lipinski definition) is 3. The minimum absolute atomic E-state index is 0.185. The summed E-state index contributed by atoms with van der Waals surface area (Å²) in [6, 6.07) is 10.6. The Morgan fingerprint density at radius 1 is 1.21 bits per heavy atom. The van der Waals surface area contributed by atoms with Crippen molar-refractivity contribution in [1.82, 2.24) is 4.98 Å². The number of fused-ring (bicyclic) bond motifs is 1. The number of methoxy groups -OCH3 is 1. The number of halogens is 1. The summed E-state index contributed by atoms with van der Waals surface area (Å²) in [7, 11) is -2.00. The third-order valence-corrected chi connectivity index (χ3v) is 5.28. The molecule has 0 atom stereocenters. The van der Waals surface area contributed by atoms with E-state index in [1.165, 1.54) is 7.11 Å². The summed E-state index contributed by atoms with van der Waals surface area (Å²) < 4.78 is 31.4. The SMILES string of the molecule is COc1cc(NC(=O)Cc2c(C)[nH]c3ccc(Br)cc23)ccc1NS(C)(=O)=O. The van der Waals surface area contributed by atoms with E-state index in [0.29, 0.717) is 17.1 Å². The predicted octanol–water partition coefficient (Wildman–Crippen LogP) is 3.80. The largest absolute Gasteiger partial charge is 0.494 e. The number of ether oxygens (including phenoxy) is 1. The van der Waals surface area contributed by atoms with E-state index < -0.39 is 10.0 Å². The molecule has 1 aromatic heterocycles. The van der Waals surface area contributed by atoms with Crippen molar-refractivity contribution in [2.45, 2.75) is 13.3 Å². The van der Waals surface area contributed by atoms with E-state index in [-0.39, 0.29) is 12.3 Å². The van der Waals surface area contributed by atoms with Gasteiger partial charge in [0.1, 0.15) is 5.75 Å². The van der Waals surface area contributed by atoms with Crippen LogP contribution in [-0.2, 0) is 21.2 Å². The summed E-state index contributed by atoms with van der Waals surface area (Å²) in [6.07, 6.45) is 1.26. The highest BCUT2D eigenvalue weighted by Gasteiger charge is 2.14. The van der Waals surface area contributed by atoms with Crippen LogP contribution in [0, 0.1) is 6.92 Å². The molecule has 9 heteroatoms. The second-order valence-electron chi connectivity index (χ2n) is 6.43. The Balaban J connectivity index is 1.80. The number of H-pyrrole nitrogens is 1. The molecule has 0 bridgehead atoms. The number of anilines is 2. The van der Waals surface area contributed by atoms with E-state index in [4.69, 9.17) is 4.74 Å². The summed E-state index contributed by atoms with van der Waals surface area (Å²) in [6.45, 7) is 1.94. The maximum Gasteiger partial charge on any atom is 0.229 e. The van der Waals surface area contributed by atoms with Crippen LogP contribution in [-0.4, -0.2) is 32.7 Å². The molecule has 0 saturated heterocycles. The molecule has 0 aliphatic rings. The zero-order valence-electron chi connectivity index (χ0n) is 15.6. The van der Waals surface area contributed by atoms with Crippen LogP contribution in [0.1, 0.15) is 11.3 Å². The van der Waals surface area contributed by atoms with Crippen molar-refractivity contribution >= 4 is 54.1 Å². The molecule has 28 heavy (non-hydrogen) atoms. The number of sulfonamides is 1. The Morgan fingerprint density at radius 3 is 2.64 bits per heavy atom. The first-order valence-electron chi connectivity index (χ1n) is 8.38. The monoisotopic (exact) mass is 465 g/mol. The van der Waals surface area contributed by atoms with Gasteiger partial charge in [0.2, 0.25) is 15.9 Å². The lowest BCUT2D eigenvalue weighted by Crippen LogP contribution is -2.15. The number of carbonyl (C=O) groups is 1. The predicted molar refractivity (Wildman–Crippen MR) is 115 cm³/mol. The molecule has 1 heterocycles. The fourth-order valence-electron chi connectivity index (χ4n) is 3.00. The lowest BCUT2D eigenvalue weighted by Gasteiger charge is -2.12. The lowest BCUT2D eigenvalue weighted by molar-refractivity contribution is -0.115. The van der Waals surface area contributed by atoms with E-state index in [2.05, 4.69) is 31.0 Å². The van der Waals surface area contributed by atoms with Gasteiger partial charge >= 0.3 is 0 Å². The van der Waals surface area contributed by atoms with E-state index >= 15 is 0 Å². The van der Waals surface area contributed by atoms with Crippen LogP contribution in [0.2, 0.25) is 0 Å². The van der Waals surface area contributed by atoms with Gasteiger partial charge in [0.25, 0.3) is 0 Å². The summed E-state index contributed by atoms with van der Waals surface area (Å²) in [5.41, 5.74) is 3.66. The Labute approximate surface area is 171 Å². The van der Waals surface area contributed by atoms with Crippen molar-refractivity contribution in [3.8, 4) is 5.75 Å². The molecule has 7 nitrogen and oxygen atoms in total. The van der Waals surface area contributed by atoms with Crippen LogP contribution in [0.5, 0.6) is 5.75 Å². The Morgan fingerprint density at radius 2 is 1.96 bits per heavy atom. The smallest absolute Gasteiger partial charge is 0.229 e. The normalized spacial score (nSPS) is 11.4. The zero-order chi connectivity index (χ0) is 20.5. The van der Waals surface area contributed by atoms with Crippen molar-refractivity contribution < 1.29 is 17.9 Å². The summed E-state index contributed by atoms with van der Waals surface area (Å²) >= 11 is 3.46. The first-order chi connectivity index (χ1) is 13.2. The number of carbonyl (C=O) groups excluding carboxylic acids is 1. The third kappa shape index (κ3) is 4.66. The van der Waals surface area contributed by atoms with Gasteiger partial charge in [-0.3, -0.25) is 9.52 Å². The molecule has 0 spiro atoms. The van der Waals surface area contributed by atoms with Gasteiger partial charge < -0.3 is 15.0 Å². The summed E-state index contributed by atoms with van der Waals surface area (Å²) in [4.78, 5) is 15.9. The molecule has 0 fully saturated rings. The van der Waals surface area contributed by atoms with E-state index in [1.54, 1.807) is 18.2 Å². The van der Waals surface area contributed by atoms with Crippen molar-refractivity contribution in [2.24, 2.45) is 0 Å². The van der Waals surface area contributed by atoms with Gasteiger partial charge in [-0.25, -0.2) is 8.42 Å². The van der Waals surface area contributed by atoms with Gasteiger partial charge in [-0.2, -0.15) is 0 Å². The fourth-order valence-corrected chi connectivity index (χ4v) is 3.93. The number of benzene rings is 2. The van der Waals surface area contributed by atoms with Crippen molar-refractivity contribution in [2.75, 3.05) is 23.4 Å². The second-order valence-corrected chi connectivity index (χ2v) is 9.10. The number of aromatic nitrogens is 1. The maximum absolute atomic E-state index is 12.6. The van der Waals surface area contributed by atoms with Crippen LogP contribution >= 0.6 is 15.9 Å². The minimum Gasteiger partial charge on any atom is -0.494 e. The van der Waals surface area contributed by atoms with E-state index in [1.807, 2.05) is 25.1 Å². The number of amides is 1. The number of nitrogens with one attached hydrogen (secondary N) is 3. The van der Waals surface area contributed by atoms with Crippen molar-refractivity contribution in [3.63, 3.8) is 0 Å². The van der Waals surface area contributed by atoms with Crippen LogP contribution in [0.25, 0.3) is 10.9 Å². The number of hydrogen-bond acceptors (Lipinski definition) is 4. The lowest BCUT2D eigenvalue weighted by atomic mass is 10.1. The average molecular weight is 466 g/mol. The highest BCUT2D eigenvalue weighted by atomic mass is 79.9. The standard InChI is InChI=1S/C19H20BrN3O4S/c1-11-14(15-8-12(20)4-6-16(15)21-11)10-19(24)22-13-5-7-17(18(9-13)27-2)23-28(3,25)26/h4-9,21,23H,10H2,1-3H3,(H,22,24). The Bertz CT molecular complexity index is 1160. The summed E-state index contributed by atoms with van der Waals surface area (Å²) in [5, 5.41) is 3.82. The molecule has 0 aliphatic carbocycles. The fraction of sp³-hybridized carbons (Fsp3) is 0.211. The molecule has 0 radical (unpaired) electrons. The van der Waals surface area contributed by atoms with E-state index in [0.717, 1.165) is 32.9 Å². The first-order valence-corrected chi connectivity index (χ1v) is 11.1. The topological polar surface area (TPSA) is 100 Å². The molecule has 1 amide bonds. The highest BCUT2D eigenvalue weighted by Crippen LogP contribution is 2.29. The zero-order valence-corrected chi connectivity index (χ0v) is 18.0. The Hall–Kier alpha value is -2.52. The van der Waals surface area contributed by atoms with Crippen LogP contribution in [0.3, 0.4) is 0 Å². The molecule has 3 rings (SSSR count). The number of aromatic amines is 1. The van der Waals surface area contributed by atoms with Crippen LogP contribution in [0.15, 0.2) is 40.9 Å². The van der Waals surface area contributed by atoms with Crippen molar-refractivity contribution in [1.29, 1.82) is 0 Å². The highest BCUT2D eigenvalue weighted by molar-refractivity contribution is 9.10.